The number of oxazole rings is 1. The number of nitrogens with zero attached hydrogens (tertiary/aromatic N) is 2. The summed E-state index contributed by atoms with van der Waals surface area (Å²) in [6.07, 6.45) is 0. The third-order valence-electron chi connectivity index (χ3n) is 2.32. The van der Waals surface area contributed by atoms with Crippen molar-refractivity contribution in [2.45, 2.75) is 6.92 Å². The first-order chi connectivity index (χ1) is 8.13. The summed E-state index contributed by atoms with van der Waals surface area (Å²) < 4.78 is 6.53. The minimum Gasteiger partial charge on any atom is -0.432 e. The molecule has 2 N–H and O–H groups in total. The molecule has 1 aromatic carbocycles. The van der Waals surface area contributed by atoms with E-state index in [0.717, 1.165) is 20.7 Å². The van der Waals surface area contributed by atoms with Crippen LogP contribution < -0.4 is 5.73 Å². The van der Waals surface area contributed by atoms with Gasteiger partial charge < -0.3 is 10.2 Å². The number of nitrogens with two attached hydrogens (primary N) is 1. The first kappa shape index (κ1) is 10.7. The maximum absolute atomic E-state index is 5.87. The second-order valence-electron chi connectivity index (χ2n) is 3.61. The number of benzene rings is 1. The van der Waals surface area contributed by atoms with E-state index in [9.17, 15) is 0 Å². The first-order valence-electron chi connectivity index (χ1n) is 4.91. The summed E-state index contributed by atoms with van der Waals surface area (Å²) in [5, 5.41) is 2.90. The maximum Gasteiger partial charge on any atom is 0.247 e. The van der Waals surface area contributed by atoms with Gasteiger partial charge in [0.05, 0.1) is 10.7 Å². The Morgan fingerprint density at radius 3 is 2.88 bits per heavy atom. The molecule has 0 radical (unpaired) electrons. The van der Waals surface area contributed by atoms with Gasteiger partial charge in [-0.25, -0.2) is 9.97 Å². The van der Waals surface area contributed by atoms with Crippen molar-refractivity contribution in [1.29, 1.82) is 0 Å². The zero-order valence-corrected chi connectivity index (χ0v) is 11.3. The maximum atomic E-state index is 5.87. The normalized spacial score (nSPS) is 11.2. The van der Waals surface area contributed by atoms with Crippen LogP contribution in [0.25, 0.3) is 22.7 Å². The van der Waals surface area contributed by atoms with Crippen LogP contribution in [0.3, 0.4) is 0 Å². The van der Waals surface area contributed by atoms with Gasteiger partial charge in [0.25, 0.3) is 0 Å². The van der Waals surface area contributed by atoms with E-state index in [2.05, 4.69) is 25.9 Å². The Hall–Kier alpha value is -1.40. The number of fused-ring (bicyclic) bond motifs is 1. The summed E-state index contributed by atoms with van der Waals surface area (Å²) in [4.78, 5) is 8.72. The highest BCUT2D eigenvalue weighted by Crippen LogP contribution is 2.30. The molecule has 17 heavy (non-hydrogen) atoms. The van der Waals surface area contributed by atoms with E-state index in [4.69, 9.17) is 10.2 Å². The average molecular weight is 310 g/mol. The monoisotopic (exact) mass is 309 g/mol. The molecule has 0 atom stereocenters. The standard InChI is InChI=1S/C11H8BrN3OS/c1-5-14-9(4-17-5)11-15-8-3-6(12)2-7(13)10(8)16-11/h2-4H,13H2,1H3. The van der Waals surface area contributed by atoms with Crippen molar-refractivity contribution < 1.29 is 4.42 Å². The van der Waals surface area contributed by atoms with E-state index in [0.29, 0.717) is 17.2 Å². The number of aryl methyl sites for hydroxylation is 1. The molecule has 6 heteroatoms. The van der Waals surface area contributed by atoms with Crippen LogP contribution in [0.1, 0.15) is 5.01 Å². The van der Waals surface area contributed by atoms with E-state index in [1.165, 1.54) is 0 Å². The number of hydrogen-bond donors (Lipinski definition) is 1. The van der Waals surface area contributed by atoms with Crippen LogP contribution in [0.15, 0.2) is 26.4 Å². The van der Waals surface area contributed by atoms with Gasteiger partial charge in [0.1, 0.15) is 11.2 Å². The predicted molar refractivity (Wildman–Crippen MR) is 72.0 cm³/mol. The van der Waals surface area contributed by atoms with Gasteiger partial charge in [-0.1, -0.05) is 15.9 Å². The molecule has 0 aliphatic carbocycles. The predicted octanol–water partition coefficient (Wildman–Crippen LogP) is 3.60. The largest absolute Gasteiger partial charge is 0.432 e. The molecule has 4 nitrogen and oxygen atoms in total. The minimum absolute atomic E-state index is 0.508. The Kier molecular flexibility index (Phi) is 2.41. The van der Waals surface area contributed by atoms with E-state index >= 15 is 0 Å². The van der Waals surface area contributed by atoms with E-state index in [1.807, 2.05) is 18.4 Å². The molecule has 2 heterocycles. The van der Waals surface area contributed by atoms with Crippen LogP contribution in [0, 0.1) is 6.92 Å². The van der Waals surface area contributed by atoms with E-state index in [1.54, 1.807) is 17.4 Å². The summed E-state index contributed by atoms with van der Waals surface area (Å²) in [5.74, 6) is 0.508. The molecule has 0 spiro atoms. The Labute approximate surface area is 110 Å². The van der Waals surface area contributed by atoms with Gasteiger partial charge in [-0.3, -0.25) is 0 Å². The van der Waals surface area contributed by atoms with Crippen molar-refractivity contribution in [3.05, 3.63) is 27.0 Å². The SMILES string of the molecule is Cc1nc(-c2nc3cc(Br)cc(N)c3o2)cs1. The molecule has 0 aliphatic rings. The molecular formula is C11H8BrN3OS. The number of nitrogen functional groups attached to an aromatic ring is 1. The zero-order valence-electron chi connectivity index (χ0n) is 8.90. The summed E-state index contributed by atoms with van der Waals surface area (Å²) in [5.41, 5.74) is 8.53. The number of rotatable bonds is 1. The smallest absolute Gasteiger partial charge is 0.247 e. The lowest BCUT2D eigenvalue weighted by Crippen LogP contribution is -1.84. The summed E-state index contributed by atoms with van der Waals surface area (Å²) in [6, 6.07) is 3.67. The molecule has 3 aromatic rings. The van der Waals surface area contributed by atoms with Gasteiger partial charge in [0.2, 0.25) is 5.89 Å². The van der Waals surface area contributed by atoms with Crippen molar-refractivity contribution in [2.75, 3.05) is 5.73 Å². The Morgan fingerprint density at radius 1 is 1.35 bits per heavy atom. The summed E-state index contributed by atoms with van der Waals surface area (Å²) in [6.45, 7) is 1.95. The molecule has 0 aliphatic heterocycles. The number of anilines is 1. The highest BCUT2D eigenvalue weighted by Gasteiger charge is 2.13. The number of hydrogen-bond acceptors (Lipinski definition) is 5. The Bertz CT molecular complexity index is 704. The van der Waals surface area contributed by atoms with Crippen LogP contribution in [0.4, 0.5) is 5.69 Å². The van der Waals surface area contributed by atoms with Gasteiger partial charge in [-0.15, -0.1) is 11.3 Å². The third-order valence-corrected chi connectivity index (χ3v) is 3.55. The second kappa shape index (κ2) is 3.82. The summed E-state index contributed by atoms with van der Waals surface area (Å²) in [7, 11) is 0. The Morgan fingerprint density at radius 2 is 2.18 bits per heavy atom. The molecule has 3 rings (SSSR count). The summed E-state index contributed by atoms with van der Waals surface area (Å²) >= 11 is 4.94. The molecule has 86 valence electrons. The van der Waals surface area contributed by atoms with E-state index < -0.39 is 0 Å². The molecule has 0 fully saturated rings. The van der Waals surface area contributed by atoms with Crippen molar-refractivity contribution in [3.63, 3.8) is 0 Å². The lowest BCUT2D eigenvalue weighted by molar-refractivity contribution is 0.618. The van der Waals surface area contributed by atoms with Crippen LogP contribution in [0.5, 0.6) is 0 Å². The molecule has 0 amide bonds. The third kappa shape index (κ3) is 1.83. The first-order valence-corrected chi connectivity index (χ1v) is 6.59. The number of aromatic nitrogens is 2. The van der Waals surface area contributed by atoms with Crippen LogP contribution in [-0.2, 0) is 0 Å². The molecular weight excluding hydrogens is 302 g/mol. The van der Waals surface area contributed by atoms with Gasteiger partial charge >= 0.3 is 0 Å². The molecule has 2 aromatic heterocycles. The van der Waals surface area contributed by atoms with Gasteiger partial charge in [0, 0.05) is 9.85 Å². The van der Waals surface area contributed by atoms with Crippen LogP contribution in [-0.4, -0.2) is 9.97 Å². The Balaban J connectivity index is 2.23. The highest BCUT2D eigenvalue weighted by atomic mass is 79.9. The average Bonchev–Trinajstić information content (AvgIpc) is 2.83. The second-order valence-corrected chi connectivity index (χ2v) is 5.59. The van der Waals surface area contributed by atoms with Gasteiger partial charge in [0.15, 0.2) is 5.58 Å². The van der Waals surface area contributed by atoms with E-state index in [-0.39, 0.29) is 0 Å². The number of halogens is 1. The molecule has 0 saturated heterocycles. The van der Waals surface area contributed by atoms with Gasteiger partial charge in [-0.05, 0) is 19.1 Å². The lowest BCUT2D eigenvalue weighted by atomic mass is 10.3. The van der Waals surface area contributed by atoms with Gasteiger partial charge in [-0.2, -0.15) is 0 Å². The van der Waals surface area contributed by atoms with Crippen molar-refractivity contribution in [1.82, 2.24) is 9.97 Å². The highest BCUT2D eigenvalue weighted by molar-refractivity contribution is 9.10. The fourth-order valence-electron chi connectivity index (χ4n) is 1.59. The van der Waals surface area contributed by atoms with Crippen LogP contribution >= 0.6 is 27.3 Å². The van der Waals surface area contributed by atoms with Crippen molar-refractivity contribution in [3.8, 4) is 11.6 Å². The lowest BCUT2D eigenvalue weighted by Gasteiger charge is -1.93. The number of thiazole rings is 1. The molecule has 0 saturated carbocycles. The fraction of sp³-hybridized carbons (Fsp3) is 0.0909. The topological polar surface area (TPSA) is 64.9 Å². The van der Waals surface area contributed by atoms with Crippen molar-refractivity contribution in [2.24, 2.45) is 0 Å². The molecule has 0 unspecified atom stereocenters. The zero-order chi connectivity index (χ0) is 12.0. The molecule has 0 bridgehead atoms. The quantitative estimate of drug-likeness (QED) is 0.697. The fourth-order valence-corrected chi connectivity index (χ4v) is 2.64. The minimum atomic E-state index is 0.508. The van der Waals surface area contributed by atoms with Crippen LogP contribution in [0.2, 0.25) is 0 Å². The van der Waals surface area contributed by atoms with Crippen molar-refractivity contribution >= 4 is 44.1 Å².